The fraction of sp³-hybridized carbons (Fsp3) is 0.333. The minimum absolute atomic E-state index is 0.0826. The molecule has 1 unspecified atom stereocenters. The van der Waals surface area contributed by atoms with Crippen molar-refractivity contribution in [3.8, 4) is 5.75 Å². The Hall–Kier alpha value is -1.33. The monoisotopic (exact) mass is 286 g/mol. The number of benzene rings is 1. The average molecular weight is 287 g/mol. The maximum Gasteiger partial charge on any atom is 0.258 e. The second-order valence-corrected chi connectivity index (χ2v) is 4.58. The Bertz CT molecular complexity index is 423. The van der Waals surface area contributed by atoms with Gasteiger partial charge in [0.15, 0.2) is 6.61 Å². The van der Waals surface area contributed by atoms with Gasteiger partial charge >= 0.3 is 0 Å². The number of carbonyl (C=O) groups excluding carboxylic acids is 1. The van der Waals surface area contributed by atoms with Crippen LogP contribution in [0.4, 0.5) is 0 Å². The van der Waals surface area contributed by atoms with Crippen LogP contribution in [-0.2, 0) is 4.79 Å². The lowest BCUT2D eigenvalue weighted by atomic mass is 10.2. The Morgan fingerprint density at radius 1 is 1.50 bits per heavy atom. The molecule has 1 aromatic carbocycles. The summed E-state index contributed by atoms with van der Waals surface area (Å²) in [6, 6.07) is 6.49. The lowest BCUT2D eigenvalue weighted by molar-refractivity contribution is -0.123. The van der Waals surface area contributed by atoms with Crippen LogP contribution in [0.25, 0.3) is 0 Å². The summed E-state index contributed by atoms with van der Waals surface area (Å²) in [6.45, 7) is 1.81. The summed E-state index contributed by atoms with van der Waals surface area (Å²) >= 11 is 10.6. The van der Waals surface area contributed by atoms with Crippen LogP contribution in [0.3, 0.4) is 0 Å². The zero-order chi connectivity index (χ0) is 13.5. The van der Waals surface area contributed by atoms with E-state index in [1.165, 1.54) is 0 Å². The van der Waals surface area contributed by atoms with Gasteiger partial charge in [0.1, 0.15) is 5.75 Å². The van der Waals surface area contributed by atoms with E-state index in [2.05, 4.69) is 5.32 Å². The second kappa shape index (κ2) is 7.18. The fourth-order valence-corrected chi connectivity index (χ4v) is 1.64. The number of carbonyl (C=O) groups is 1. The lowest BCUT2D eigenvalue weighted by Crippen LogP contribution is -2.44. The Morgan fingerprint density at radius 3 is 2.61 bits per heavy atom. The first-order valence-corrected chi connectivity index (χ1v) is 6.28. The van der Waals surface area contributed by atoms with E-state index in [0.29, 0.717) is 17.2 Å². The highest BCUT2D eigenvalue weighted by molar-refractivity contribution is 7.80. The third kappa shape index (κ3) is 4.89. The van der Waals surface area contributed by atoms with Crippen molar-refractivity contribution in [3.05, 3.63) is 29.3 Å². The average Bonchev–Trinajstić information content (AvgIpc) is 2.35. The second-order valence-electron chi connectivity index (χ2n) is 3.67. The molecule has 0 saturated carbocycles. The molecule has 0 aliphatic carbocycles. The quantitative estimate of drug-likeness (QED) is 0.784. The Kier molecular flexibility index (Phi) is 5.88. The minimum Gasteiger partial charge on any atom is -0.484 e. The van der Waals surface area contributed by atoms with Crippen molar-refractivity contribution in [2.75, 3.05) is 6.61 Å². The van der Waals surface area contributed by atoms with Crippen LogP contribution in [0.2, 0.25) is 5.02 Å². The SMILES string of the molecule is CCC(NC(=O)COc1ccc(Cl)cc1)C(N)=S. The van der Waals surface area contributed by atoms with E-state index in [9.17, 15) is 4.79 Å². The van der Waals surface area contributed by atoms with Crippen LogP contribution < -0.4 is 15.8 Å². The molecular formula is C12H15ClN2O2S. The van der Waals surface area contributed by atoms with Crippen molar-refractivity contribution in [3.63, 3.8) is 0 Å². The molecule has 4 nitrogen and oxygen atoms in total. The Balaban J connectivity index is 2.41. The highest BCUT2D eigenvalue weighted by Crippen LogP contribution is 2.15. The summed E-state index contributed by atoms with van der Waals surface area (Å²) in [6.07, 6.45) is 0.655. The van der Waals surface area contributed by atoms with Crippen molar-refractivity contribution in [1.82, 2.24) is 5.32 Å². The number of rotatable bonds is 6. The van der Waals surface area contributed by atoms with Crippen LogP contribution in [0.15, 0.2) is 24.3 Å². The molecule has 1 rings (SSSR count). The predicted molar refractivity (Wildman–Crippen MR) is 76.0 cm³/mol. The van der Waals surface area contributed by atoms with Gasteiger partial charge in [0.05, 0.1) is 11.0 Å². The maximum atomic E-state index is 11.6. The summed E-state index contributed by atoms with van der Waals surface area (Å²) in [4.78, 5) is 11.9. The third-order valence-electron chi connectivity index (χ3n) is 2.27. The van der Waals surface area contributed by atoms with Gasteiger partial charge < -0.3 is 15.8 Å². The van der Waals surface area contributed by atoms with Gasteiger partial charge in [-0.05, 0) is 30.7 Å². The van der Waals surface area contributed by atoms with Gasteiger partial charge in [-0.15, -0.1) is 0 Å². The molecule has 0 aliphatic rings. The summed E-state index contributed by atoms with van der Waals surface area (Å²) in [7, 11) is 0. The number of hydrogen-bond acceptors (Lipinski definition) is 3. The van der Waals surface area contributed by atoms with Crippen LogP contribution in [-0.4, -0.2) is 23.5 Å². The molecule has 6 heteroatoms. The van der Waals surface area contributed by atoms with Crippen LogP contribution >= 0.6 is 23.8 Å². The molecular weight excluding hydrogens is 272 g/mol. The fourth-order valence-electron chi connectivity index (χ4n) is 1.29. The van der Waals surface area contributed by atoms with Crippen molar-refractivity contribution >= 4 is 34.7 Å². The zero-order valence-electron chi connectivity index (χ0n) is 9.98. The molecule has 98 valence electrons. The van der Waals surface area contributed by atoms with Crippen molar-refractivity contribution in [2.24, 2.45) is 5.73 Å². The van der Waals surface area contributed by atoms with E-state index in [-0.39, 0.29) is 23.5 Å². The standard InChI is InChI=1S/C12H15ClN2O2S/c1-2-10(12(14)18)15-11(16)7-17-9-5-3-8(13)4-6-9/h3-6,10H,2,7H2,1H3,(H2,14,18)(H,15,16). The van der Waals surface area contributed by atoms with E-state index in [0.717, 1.165) is 0 Å². The number of thiocarbonyl (C=S) groups is 1. The molecule has 3 N–H and O–H groups in total. The largest absolute Gasteiger partial charge is 0.484 e. The first-order chi connectivity index (χ1) is 8.52. The number of halogens is 1. The molecule has 0 bridgehead atoms. The van der Waals surface area contributed by atoms with Crippen LogP contribution in [0, 0.1) is 0 Å². The molecule has 0 fully saturated rings. The van der Waals surface area contributed by atoms with Gasteiger partial charge in [0.25, 0.3) is 5.91 Å². The first kappa shape index (κ1) is 14.7. The Labute approximate surface area is 116 Å². The topological polar surface area (TPSA) is 64.3 Å². The number of nitrogens with one attached hydrogen (secondary N) is 1. The number of ether oxygens (including phenoxy) is 1. The summed E-state index contributed by atoms with van der Waals surface area (Å²) in [5.41, 5.74) is 5.48. The van der Waals surface area contributed by atoms with E-state index < -0.39 is 0 Å². The van der Waals surface area contributed by atoms with E-state index in [4.69, 9.17) is 34.3 Å². The van der Waals surface area contributed by atoms with Gasteiger partial charge in [-0.25, -0.2) is 0 Å². The number of nitrogens with two attached hydrogens (primary N) is 1. The Morgan fingerprint density at radius 2 is 2.11 bits per heavy atom. The van der Waals surface area contributed by atoms with Crippen LogP contribution in [0.1, 0.15) is 13.3 Å². The summed E-state index contributed by atoms with van der Waals surface area (Å²) < 4.78 is 5.29. The number of amides is 1. The van der Waals surface area contributed by atoms with E-state index in [1.807, 2.05) is 6.92 Å². The molecule has 0 heterocycles. The summed E-state index contributed by atoms with van der Waals surface area (Å²) in [5, 5.41) is 3.31. The molecule has 0 radical (unpaired) electrons. The van der Waals surface area contributed by atoms with E-state index >= 15 is 0 Å². The molecule has 0 saturated heterocycles. The highest BCUT2D eigenvalue weighted by atomic mass is 35.5. The highest BCUT2D eigenvalue weighted by Gasteiger charge is 2.12. The van der Waals surface area contributed by atoms with Gasteiger partial charge in [-0.2, -0.15) is 0 Å². The van der Waals surface area contributed by atoms with Gasteiger partial charge in [-0.3, -0.25) is 4.79 Å². The zero-order valence-corrected chi connectivity index (χ0v) is 11.6. The van der Waals surface area contributed by atoms with Gasteiger partial charge in [0.2, 0.25) is 0 Å². The molecule has 0 aliphatic heterocycles. The lowest BCUT2D eigenvalue weighted by Gasteiger charge is -2.15. The van der Waals surface area contributed by atoms with Gasteiger partial charge in [-0.1, -0.05) is 30.7 Å². The molecule has 1 aromatic rings. The van der Waals surface area contributed by atoms with Gasteiger partial charge in [0, 0.05) is 5.02 Å². The summed E-state index contributed by atoms with van der Waals surface area (Å²) in [5.74, 6) is 0.322. The smallest absolute Gasteiger partial charge is 0.258 e. The van der Waals surface area contributed by atoms with Crippen LogP contribution in [0.5, 0.6) is 5.75 Å². The van der Waals surface area contributed by atoms with E-state index in [1.54, 1.807) is 24.3 Å². The van der Waals surface area contributed by atoms with Crippen molar-refractivity contribution in [2.45, 2.75) is 19.4 Å². The molecule has 0 spiro atoms. The molecule has 1 atom stereocenters. The van der Waals surface area contributed by atoms with Crippen molar-refractivity contribution in [1.29, 1.82) is 0 Å². The minimum atomic E-state index is -0.290. The first-order valence-electron chi connectivity index (χ1n) is 5.50. The molecule has 18 heavy (non-hydrogen) atoms. The predicted octanol–water partition coefficient (Wildman–Crippen LogP) is 1.90. The third-order valence-corrected chi connectivity index (χ3v) is 2.81. The maximum absolute atomic E-state index is 11.6. The molecule has 1 amide bonds. The normalized spacial score (nSPS) is 11.7. The molecule has 0 aromatic heterocycles. The van der Waals surface area contributed by atoms with Crippen molar-refractivity contribution < 1.29 is 9.53 Å². The number of hydrogen-bond donors (Lipinski definition) is 2.